The van der Waals surface area contributed by atoms with Crippen molar-refractivity contribution in [3.8, 4) is 17.3 Å². The molecule has 4 heterocycles. The molecule has 10 heteroatoms. The first-order valence-electron chi connectivity index (χ1n) is 12.4. The Morgan fingerprint density at radius 2 is 1.86 bits per heavy atom. The van der Waals surface area contributed by atoms with Crippen LogP contribution < -0.4 is 10.1 Å². The van der Waals surface area contributed by atoms with E-state index in [0.29, 0.717) is 34.7 Å². The molecule has 1 saturated heterocycles. The maximum atomic E-state index is 5.45. The first-order valence-corrected chi connectivity index (χ1v) is 12.4. The van der Waals surface area contributed by atoms with Gasteiger partial charge in [-0.1, -0.05) is 18.5 Å². The predicted octanol–water partition coefficient (Wildman–Crippen LogP) is 4.46. The number of methoxy groups -OCH3 is 1. The van der Waals surface area contributed by atoms with Crippen molar-refractivity contribution in [2.75, 3.05) is 32.1 Å². The highest BCUT2D eigenvalue weighted by Crippen LogP contribution is 2.25. The number of anilines is 2. The van der Waals surface area contributed by atoms with E-state index in [-0.39, 0.29) is 0 Å². The zero-order chi connectivity index (χ0) is 24.0. The minimum atomic E-state index is 0.383. The second kappa shape index (κ2) is 10.8. The number of nitrogens with zero attached hydrogens (tertiary/aromatic N) is 7. The normalized spacial score (nSPS) is 14.5. The van der Waals surface area contributed by atoms with Crippen LogP contribution in [0.15, 0.2) is 35.0 Å². The third-order valence-electron chi connectivity index (χ3n) is 6.27. The quantitative estimate of drug-likeness (QED) is 0.355. The molecule has 1 aliphatic heterocycles. The van der Waals surface area contributed by atoms with Crippen molar-refractivity contribution in [2.45, 2.75) is 52.0 Å². The highest BCUT2D eigenvalue weighted by atomic mass is 16.5. The molecule has 3 aromatic heterocycles. The molecule has 1 N–H and O–H groups in total. The number of fused-ring (bicyclic) bond motifs is 1. The Kier molecular flexibility index (Phi) is 7.17. The lowest BCUT2D eigenvalue weighted by atomic mass is 10.1. The van der Waals surface area contributed by atoms with Crippen LogP contribution >= 0.6 is 0 Å². The molecule has 1 aromatic carbocycles. The number of benzene rings is 1. The van der Waals surface area contributed by atoms with Crippen LogP contribution in [0.25, 0.3) is 22.9 Å². The lowest BCUT2D eigenvalue weighted by Crippen LogP contribution is -2.31. The first kappa shape index (κ1) is 23.2. The zero-order valence-corrected chi connectivity index (χ0v) is 20.4. The van der Waals surface area contributed by atoms with Gasteiger partial charge >= 0.3 is 0 Å². The third kappa shape index (κ3) is 5.43. The molecule has 35 heavy (non-hydrogen) atoms. The highest BCUT2D eigenvalue weighted by Gasteiger charge is 2.18. The molecule has 1 aliphatic rings. The summed E-state index contributed by atoms with van der Waals surface area (Å²) in [6.07, 6.45) is 8.28. The number of likely N-dealkylation sites (tertiary alicyclic amines) is 1. The van der Waals surface area contributed by atoms with Gasteiger partial charge < -0.3 is 19.5 Å². The van der Waals surface area contributed by atoms with Gasteiger partial charge in [0.25, 0.3) is 5.89 Å². The zero-order valence-electron chi connectivity index (χ0n) is 20.4. The van der Waals surface area contributed by atoms with Crippen LogP contribution in [0, 0.1) is 0 Å². The smallest absolute Gasteiger partial charge is 0.278 e. The Balaban J connectivity index is 1.43. The molecule has 4 aromatic rings. The van der Waals surface area contributed by atoms with Crippen molar-refractivity contribution in [3.63, 3.8) is 0 Å². The van der Waals surface area contributed by atoms with Gasteiger partial charge in [-0.05, 0) is 69.6 Å². The fourth-order valence-corrected chi connectivity index (χ4v) is 4.43. The lowest BCUT2D eigenvalue weighted by Gasteiger charge is -2.26. The van der Waals surface area contributed by atoms with Gasteiger partial charge in [0.05, 0.1) is 13.3 Å². The van der Waals surface area contributed by atoms with Crippen LogP contribution in [-0.4, -0.2) is 61.3 Å². The molecule has 184 valence electrons. The fourth-order valence-electron chi connectivity index (χ4n) is 4.43. The summed E-state index contributed by atoms with van der Waals surface area (Å²) in [5.74, 6) is 2.58. The van der Waals surface area contributed by atoms with Gasteiger partial charge in [-0.25, -0.2) is 9.97 Å². The average Bonchev–Trinajstić information content (AvgIpc) is 3.50. The molecule has 0 amide bonds. The van der Waals surface area contributed by atoms with E-state index < -0.39 is 0 Å². The van der Waals surface area contributed by atoms with Crippen LogP contribution in [0.5, 0.6) is 5.75 Å². The van der Waals surface area contributed by atoms with Gasteiger partial charge in [-0.15, -0.1) is 0 Å². The third-order valence-corrected chi connectivity index (χ3v) is 6.27. The monoisotopic (exact) mass is 476 g/mol. The Morgan fingerprint density at radius 1 is 1.03 bits per heavy atom. The minimum Gasteiger partial charge on any atom is -0.497 e. The van der Waals surface area contributed by atoms with Crippen molar-refractivity contribution in [1.82, 2.24) is 34.6 Å². The van der Waals surface area contributed by atoms with E-state index in [1.54, 1.807) is 13.3 Å². The van der Waals surface area contributed by atoms with E-state index >= 15 is 0 Å². The summed E-state index contributed by atoms with van der Waals surface area (Å²) < 4.78 is 12.8. The molecular formula is C25H32N8O2. The van der Waals surface area contributed by atoms with E-state index in [0.717, 1.165) is 43.8 Å². The van der Waals surface area contributed by atoms with Crippen molar-refractivity contribution < 1.29 is 9.26 Å². The molecule has 0 aliphatic carbocycles. The molecule has 0 bridgehead atoms. The summed E-state index contributed by atoms with van der Waals surface area (Å²) in [6.45, 7) is 6.28. The molecule has 5 rings (SSSR count). The molecular weight excluding hydrogens is 444 g/mol. The topological polar surface area (TPSA) is 107 Å². The summed E-state index contributed by atoms with van der Waals surface area (Å²) in [5.41, 5.74) is 2.75. The lowest BCUT2D eigenvalue weighted by molar-refractivity contribution is 0.223. The van der Waals surface area contributed by atoms with Crippen LogP contribution in [0.1, 0.15) is 44.9 Å². The van der Waals surface area contributed by atoms with Crippen molar-refractivity contribution in [2.24, 2.45) is 0 Å². The molecule has 0 unspecified atom stereocenters. The number of aryl methyl sites for hydroxylation is 2. The number of rotatable bonds is 10. The van der Waals surface area contributed by atoms with Crippen LogP contribution in [0.4, 0.5) is 11.6 Å². The summed E-state index contributed by atoms with van der Waals surface area (Å²) in [6, 6.07) is 7.78. The molecule has 0 spiro atoms. The molecule has 0 saturated carbocycles. The number of nitrogens with one attached hydrogen (secondary N) is 1. The number of imidazole rings is 1. The second-order valence-electron chi connectivity index (χ2n) is 8.86. The second-order valence-corrected chi connectivity index (χ2v) is 8.86. The maximum absolute atomic E-state index is 5.45. The van der Waals surface area contributed by atoms with Crippen LogP contribution in [0.2, 0.25) is 0 Å². The summed E-state index contributed by atoms with van der Waals surface area (Å²) in [7, 11) is 1.66. The number of ether oxygens (including phenoxy) is 1. The van der Waals surface area contributed by atoms with Gasteiger partial charge in [0, 0.05) is 18.7 Å². The largest absolute Gasteiger partial charge is 0.497 e. The van der Waals surface area contributed by atoms with Crippen LogP contribution in [0.3, 0.4) is 0 Å². The van der Waals surface area contributed by atoms with E-state index in [9.17, 15) is 0 Å². The molecule has 0 atom stereocenters. The van der Waals surface area contributed by atoms with E-state index in [2.05, 4.69) is 36.8 Å². The Labute approximate surface area is 204 Å². The Morgan fingerprint density at radius 3 is 2.63 bits per heavy atom. The van der Waals surface area contributed by atoms with E-state index in [1.807, 2.05) is 24.3 Å². The fraction of sp³-hybridized carbons (Fsp3) is 0.480. The van der Waals surface area contributed by atoms with Crippen molar-refractivity contribution in [1.29, 1.82) is 0 Å². The van der Waals surface area contributed by atoms with E-state index in [4.69, 9.17) is 19.2 Å². The standard InChI is InChI=1S/C25H32N8O2/c1-3-8-21-29-24(35-31-21)20-17-26-22-23(28-20)33(16-7-15-32-13-5-4-6-14-32)25(30-22)27-18-9-11-19(34-2)12-10-18/h9-12,17H,3-8,13-16H2,1-2H3,(H,26,27,30). The maximum Gasteiger partial charge on any atom is 0.278 e. The van der Waals surface area contributed by atoms with Gasteiger partial charge in [0.2, 0.25) is 5.95 Å². The molecule has 0 radical (unpaired) electrons. The van der Waals surface area contributed by atoms with Gasteiger partial charge in [-0.3, -0.25) is 4.57 Å². The van der Waals surface area contributed by atoms with E-state index in [1.165, 1.54) is 32.4 Å². The van der Waals surface area contributed by atoms with Gasteiger partial charge in [-0.2, -0.15) is 9.97 Å². The SMILES string of the molecule is CCCc1noc(-c2cnc3nc(Nc4ccc(OC)cc4)n(CCCN4CCCCC4)c3n2)n1. The summed E-state index contributed by atoms with van der Waals surface area (Å²) in [5, 5.41) is 7.49. The number of hydrogen-bond donors (Lipinski definition) is 1. The highest BCUT2D eigenvalue weighted by molar-refractivity contribution is 5.74. The number of aromatic nitrogens is 6. The molecule has 10 nitrogen and oxygen atoms in total. The number of piperidine rings is 1. The summed E-state index contributed by atoms with van der Waals surface area (Å²) >= 11 is 0. The van der Waals surface area contributed by atoms with Crippen molar-refractivity contribution in [3.05, 3.63) is 36.3 Å². The Hall–Kier alpha value is -3.53. The Bertz CT molecular complexity index is 1240. The minimum absolute atomic E-state index is 0.383. The predicted molar refractivity (Wildman–Crippen MR) is 134 cm³/mol. The average molecular weight is 477 g/mol. The van der Waals surface area contributed by atoms with Gasteiger partial charge in [0.1, 0.15) is 11.4 Å². The van der Waals surface area contributed by atoms with Crippen LogP contribution in [-0.2, 0) is 13.0 Å². The first-order chi connectivity index (χ1) is 17.2. The number of hydrogen-bond acceptors (Lipinski definition) is 9. The molecule has 1 fully saturated rings. The van der Waals surface area contributed by atoms with Crippen molar-refractivity contribution >= 4 is 22.9 Å². The van der Waals surface area contributed by atoms with Gasteiger partial charge in [0.15, 0.2) is 17.1 Å². The summed E-state index contributed by atoms with van der Waals surface area (Å²) in [4.78, 5) is 21.2.